The van der Waals surface area contributed by atoms with Gasteiger partial charge in [-0.15, -0.1) is 11.6 Å². The summed E-state index contributed by atoms with van der Waals surface area (Å²) in [5, 5.41) is 3.24. The molecular weight excluding hydrogens is 261 g/mol. The van der Waals surface area contributed by atoms with Crippen LogP contribution >= 0.6 is 23.2 Å². The van der Waals surface area contributed by atoms with E-state index in [9.17, 15) is 4.79 Å². The van der Waals surface area contributed by atoms with Crippen LogP contribution in [0.2, 0.25) is 5.02 Å². The number of nitrogens with one attached hydrogen (secondary N) is 1. The monoisotopic (exact) mass is 275 g/mol. The van der Waals surface area contributed by atoms with Crippen molar-refractivity contribution in [1.29, 1.82) is 0 Å². The van der Waals surface area contributed by atoms with Gasteiger partial charge in [0.05, 0.1) is 23.2 Å². The van der Waals surface area contributed by atoms with Crippen LogP contribution in [0.3, 0.4) is 0 Å². The highest BCUT2D eigenvalue weighted by atomic mass is 35.5. The topological polar surface area (TPSA) is 38.3 Å². The minimum atomic E-state index is -0.235. The van der Waals surface area contributed by atoms with E-state index in [1.807, 2.05) is 13.0 Å². The molecule has 0 aliphatic heterocycles. The summed E-state index contributed by atoms with van der Waals surface area (Å²) >= 11 is 11.8. The number of methoxy groups -OCH3 is 1. The van der Waals surface area contributed by atoms with Crippen LogP contribution in [0.4, 0.5) is 0 Å². The minimum absolute atomic E-state index is 0.217. The van der Waals surface area contributed by atoms with E-state index in [0.29, 0.717) is 23.1 Å². The van der Waals surface area contributed by atoms with Gasteiger partial charge in [0.1, 0.15) is 0 Å². The second-order valence-corrected chi connectivity index (χ2v) is 4.40. The number of benzene rings is 1. The summed E-state index contributed by atoms with van der Waals surface area (Å²) in [5.74, 6) is 0.0598. The average molecular weight is 276 g/mol. The van der Waals surface area contributed by atoms with Crippen molar-refractivity contribution in [1.82, 2.24) is 5.32 Å². The van der Waals surface area contributed by atoms with Crippen molar-refractivity contribution in [3.8, 4) is 0 Å². The Morgan fingerprint density at radius 2 is 2.24 bits per heavy atom. The molecule has 0 radical (unpaired) electrons. The zero-order valence-corrected chi connectivity index (χ0v) is 11.3. The standard InChI is InChI=1S/C12H15Cl2NO2/c1-8-4-3-5-10(11(8)14)12(16)15-9(6-13)7-17-2/h3-5,9H,6-7H2,1-2H3,(H,15,16). The Kier molecular flexibility index (Phi) is 5.75. The second kappa shape index (κ2) is 6.84. The second-order valence-electron chi connectivity index (χ2n) is 3.72. The Morgan fingerprint density at radius 3 is 2.82 bits per heavy atom. The Bertz CT molecular complexity index is 396. The minimum Gasteiger partial charge on any atom is -0.383 e. The molecule has 1 aromatic rings. The van der Waals surface area contributed by atoms with E-state index in [-0.39, 0.29) is 11.9 Å². The maximum atomic E-state index is 12.0. The molecule has 17 heavy (non-hydrogen) atoms. The van der Waals surface area contributed by atoms with E-state index in [2.05, 4.69) is 5.32 Å². The van der Waals surface area contributed by atoms with Gasteiger partial charge in [0.2, 0.25) is 0 Å². The van der Waals surface area contributed by atoms with Gasteiger partial charge in [-0.1, -0.05) is 23.7 Å². The summed E-state index contributed by atoms with van der Waals surface area (Å²) < 4.78 is 4.95. The van der Waals surface area contributed by atoms with Gasteiger partial charge in [-0.2, -0.15) is 0 Å². The largest absolute Gasteiger partial charge is 0.383 e. The normalized spacial score (nSPS) is 12.2. The molecule has 3 nitrogen and oxygen atoms in total. The highest BCUT2D eigenvalue weighted by Gasteiger charge is 2.15. The smallest absolute Gasteiger partial charge is 0.253 e. The van der Waals surface area contributed by atoms with Gasteiger partial charge in [-0.25, -0.2) is 0 Å². The molecule has 1 amide bonds. The first kappa shape index (κ1) is 14.3. The summed E-state index contributed by atoms with van der Waals surface area (Å²) in [7, 11) is 1.56. The molecule has 0 spiro atoms. The van der Waals surface area contributed by atoms with Crippen LogP contribution in [-0.2, 0) is 4.74 Å². The van der Waals surface area contributed by atoms with Crippen molar-refractivity contribution >= 4 is 29.1 Å². The zero-order chi connectivity index (χ0) is 12.8. The number of halogens is 2. The Morgan fingerprint density at radius 1 is 1.53 bits per heavy atom. The number of rotatable bonds is 5. The van der Waals surface area contributed by atoms with Crippen molar-refractivity contribution in [2.75, 3.05) is 19.6 Å². The highest BCUT2D eigenvalue weighted by Crippen LogP contribution is 2.20. The number of amides is 1. The summed E-state index contributed by atoms with van der Waals surface area (Å²) in [6.07, 6.45) is 0. The van der Waals surface area contributed by atoms with Crippen molar-refractivity contribution in [2.24, 2.45) is 0 Å². The summed E-state index contributed by atoms with van der Waals surface area (Å²) in [5.41, 5.74) is 1.33. The van der Waals surface area contributed by atoms with Crippen LogP contribution in [0.5, 0.6) is 0 Å². The molecule has 1 aromatic carbocycles. The number of aryl methyl sites for hydroxylation is 1. The third-order valence-electron chi connectivity index (χ3n) is 2.33. The maximum absolute atomic E-state index is 12.0. The zero-order valence-electron chi connectivity index (χ0n) is 9.80. The molecule has 0 aliphatic carbocycles. The van der Waals surface area contributed by atoms with Crippen LogP contribution in [0, 0.1) is 6.92 Å². The molecule has 0 fully saturated rings. The number of alkyl halides is 1. The average Bonchev–Trinajstić information content (AvgIpc) is 2.31. The van der Waals surface area contributed by atoms with E-state index < -0.39 is 0 Å². The third-order valence-corrected chi connectivity index (χ3v) is 3.20. The number of hydrogen-bond acceptors (Lipinski definition) is 2. The lowest BCUT2D eigenvalue weighted by Crippen LogP contribution is -2.39. The van der Waals surface area contributed by atoms with Crippen molar-refractivity contribution in [2.45, 2.75) is 13.0 Å². The summed E-state index contributed by atoms with van der Waals surface area (Å²) in [4.78, 5) is 12.0. The maximum Gasteiger partial charge on any atom is 0.253 e. The van der Waals surface area contributed by atoms with E-state index in [1.165, 1.54) is 0 Å². The van der Waals surface area contributed by atoms with Gasteiger partial charge >= 0.3 is 0 Å². The van der Waals surface area contributed by atoms with Gasteiger partial charge in [-0.05, 0) is 18.6 Å². The van der Waals surface area contributed by atoms with E-state index in [4.69, 9.17) is 27.9 Å². The predicted octanol–water partition coefficient (Wildman–Crippen LogP) is 2.63. The van der Waals surface area contributed by atoms with Gasteiger partial charge in [0.15, 0.2) is 0 Å². The molecular formula is C12H15Cl2NO2. The summed E-state index contributed by atoms with van der Waals surface area (Å²) in [6, 6.07) is 5.11. The lowest BCUT2D eigenvalue weighted by Gasteiger charge is -2.15. The fraction of sp³-hybridized carbons (Fsp3) is 0.417. The van der Waals surface area contributed by atoms with E-state index >= 15 is 0 Å². The van der Waals surface area contributed by atoms with Gasteiger partial charge in [-0.3, -0.25) is 4.79 Å². The Balaban J connectivity index is 2.79. The molecule has 0 aromatic heterocycles. The molecule has 1 atom stereocenters. The quantitative estimate of drug-likeness (QED) is 0.839. The van der Waals surface area contributed by atoms with Crippen LogP contribution in [-0.4, -0.2) is 31.5 Å². The highest BCUT2D eigenvalue weighted by molar-refractivity contribution is 6.34. The summed E-state index contributed by atoms with van der Waals surface area (Å²) in [6.45, 7) is 2.23. The first-order chi connectivity index (χ1) is 8.10. The SMILES string of the molecule is COCC(CCl)NC(=O)c1cccc(C)c1Cl. The molecule has 1 N–H and O–H groups in total. The molecule has 0 heterocycles. The van der Waals surface area contributed by atoms with Crippen LogP contribution < -0.4 is 5.32 Å². The molecule has 0 bridgehead atoms. The molecule has 0 saturated carbocycles. The number of hydrogen-bond donors (Lipinski definition) is 1. The Hall–Kier alpha value is -0.770. The first-order valence-corrected chi connectivity index (χ1v) is 6.12. The van der Waals surface area contributed by atoms with Crippen molar-refractivity contribution < 1.29 is 9.53 Å². The molecule has 5 heteroatoms. The number of carbonyl (C=O) groups excluding carboxylic acids is 1. The van der Waals surface area contributed by atoms with Crippen molar-refractivity contribution in [3.05, 3.63) is 34.3 Å². The third kappa shape index (κ3) is 3.87. The van der Waals surface area contributed by atoms with Crippen LogP contribution in [0.1, 0.15) is 15.9 Å². The fourth-order valence-electron chi connectivity index (χ4n) is 1.41. The van der Waals surface area contributed by atoms with Gasteiger partial charge in [0.25, 0.3) is 5.91 Å². The van der Waals surface area contributed by atoms with Crippen LogP contribution in [0.25, 0.3) is 0 Å². The fourth-order valence-corrected chi connectivity index (χ4v) is 1.79. The lowest BCUT2D eigenvalue weighted by molar-refractivity contribution is 0.0907. The molecule has 94 valence electrons. The van der Waals surface area contributed by atoms with E-state index in [0.717, 1.165) is 5.56 Å². The predicted molar refractivity (Wildman–Crippen MR) is 70.0 cm³/mol. The van der Waals surface area contributed by atoms with Crippen LogP contribution in [0.15, 0.2) is 18.2 Å². The Labute approximate surface area is 111 Å². The van der Waals surface area contributed by atoms with Gasteiger partial charge in [0, 0.05) is 13.0 Å². The molecule has 1 rings (SSSR count). The first-order valence-electron chi connectivity index (χ1n) is 5.21. The molecule has 0 saturated heterocycles. The van der Waals surface area contributed by atoms with E-state index in [1.54, 1.807) is 19.2 Å². The van der Waals surface area contributed by atoms with Gasteiger partial charge < -0.3 is 10.1 Å². The number of carbonyl (C=O) groups is 1. The number of ether oxygens (including phenoxy) is 1. The molecule has 1 unspecified atom stereocenters. The lowest BCUT2D eigenvalue weighted by atomic mass is 10.1. The van der Waals surface area contributed by atoms with Crippen molar-refractivity contribution in [3.63, 3.8) is 0 Å². The molecule has 0 aliphatic rings.